The van der Waals surface area contributed by atoms with Crippen molar-refractivity contribution in [3.63, 3.8) is 0 Å². The molecule has 1 aromatic carbocycles. The minimum absolute atomic E-state index is 0.127. The number of carbonyl (C=O) groups excluding carboxylic acids is 2. The van der Waals surface area contributed by atoms with Gasteiger partial charge in [-0.25, -0.2) is 4.79 Å². The van der Waals surface area contributed by atoms with Crippen molar-refractivity contribution in [2.75, 3.05) is 18.1 Å². The van der Waals surface area contributed by atoms with Crippen molar-refractivity contribution < 1.29 is 14.3 Å². The molecule has 1 fully saturated rings. The minimum Gasteiger partial charge on any atom is -0.447 e. The Morgan fingerprint density at radius 1 is 1.27 bits per heavy atom. The fraction of sp³-hybridized carbons (Fsp3) is 0.118. The van der Waals surface area contributed by atoms with E-state index in [2.05, 4.69) is 4.98 Å². The van der Waals surface area contributed by atoms with E-state index in [0.29, 0.717) is 24.4 Å². The van der Waals surface area contributed by atoms with Crippen LogP contribution in [0.1, 0.15) is 15.9 Å². The highest BCUT2D eigenvalue weighted by atomic mass is 16.6. The van der Waals surface area contributed by atoms with Crippen LogP contribution in [-0.2, 0) is 4.74 Å². The summed E-state index contributed by atoms with van der Waals surface area (Å²) >= 11 is 0. The summed E-state index contributed by atoms with van der Waals surface area (Å²) in [5.41, 5.74) is 2.05. The third kappa shape index (κ3) is 3.03. The number of hydrogen-bond acceptors (Lipinski definition) is 4. The average Bonchev–Trinajstić information content (AvgIpc) is 3.00. The van der Waals surface area contributed by atoms with E-state index in [1.54, 1.807) is 42.7 Å². The van der Waals surface area contributed by atoms with Gasteiger partial charge in [-0.2, -0.15) is 0 Å². The van der Waals surface area contributed by atoms with Crippen molar-refractivity contribution >= 4 is 23.6 Å². The third-order valence-electron chi connectivity index (χ3n) is 3.31. The maximum atomic E-state index is 12.2. The molecule has 2 aromatic rings. The first kappa shape index (κ1) is 14.0. The molecule has 1 aliphatic heterocycles. The Balaban J connectivity index is 1.78. The van der Waals surface area contributed by atoms with Gasteiger partial charge in [0.1, 0.15) is 6.61 Å². The molecule has 0 radical (unpaired) electrons. The molecule has 1 aromatic heterocycles. The number of benzene rings is 1. The number of carbonyl (C=O) groups is 2. The van der Waals surface area contributed by atoms with E-state index in [1.165, 1.54) is 11.0 Å². The van der Waals surface area contributed by atoms with Crippen LogP contribution >= 0.6 is 0 Å². The summed E-state index contributed by atoms with van der Waals surface area (Å²) in [5.74, 6) is -0.127. The van der Waals surface area contributed by atoms with E-state index in [-0.39, 0.29) is 11.9 Å². The number of rotatable bonds is 4. The molecule has 0 aliphatic carbocycles. The van der Waals surface area contributed by atoms with Crippen molar-refractivity contribution in [2.24, 2.45) is 0 Å². The van der Waals surface area contributed by atoms with Crippen LogP contribution in [0, 0.1) is 0 Å². The highest BCUT2D eigenvalue weighted by Gasteiger charge is 2.23. The van der Waals surface area contributed by atoms with Crippen LogP contribution in [0.2, 0.25) is 0 Å². The number of allylic oxidation sites excluding steroid dienone is 1. The maximum Gasteiger partial charge on any atom is 0.414 e. The van der Waals surface area contributed by atoms with Gasteiger partial charge in [-0.15, -0.1) is 0 Å². The minimum atomic E-state index is -0.379. The number of cyclic esters (lactones) is 1. The second-order valence-corrected chi connectivity index (χ2v) is 4.80. The van der Waals surface area contributed by atoms with Crippen LogP contribution in [0.3, 0.4) is 0 Å². The summed E-state index contributed by atoms with van der Waals surface area (Å²) in [6.07, 6.45) is 6.19. The molecule has 1 saturated heterocycles. The summed E-state index contributed by atoms with van der Waals surface area (Å²) in [5, 5.41) is 0. The fourth-order valence-corrected chi connectivity index (χ4v) is 2.20. The van der Waals surface area contributed by atoms with E-state index < -0.39 is 0 Å². The van der Waals surface area contributed by atoms with Gasteiger partial charge < -0.3 is 4.74 Å². The Bertz CT molecular complexity index is 726. The number of ketones is 1. The molecular weight excluding hydrogens is 280 g/mol. The summed E-state index contributed by atoms with van der Waals surface area (Å²) < 4.78 is 4.91. The second kappa shape index (κ2) is 6.22. The highest BCUT2D eigenvalue weighted by molar-refractivity contribution is 6.07. The topological polar surface area (TPSA) is 59.5 Å². The predicted molar refractivity (Wildman–Crippen MR) is 82.7 cm³/mol. The van der Waals surface area contributed by atoms with Crippen LogP contribution in [-0.4, -0.2) is 30.0 Å². The molecule has 1 amide bonds. The van der Waals surface area contributed by atoms with E-state index >= 15 is 0 Å². The maximum absolute atomic E-state index is 12.2. The van der Waals surface area contributed by atoms with Gasteiger partial charge >= 0.3 is 6.09 Å². The Hall–Kier alpha value is -2.95. The molecule has 0 atom stereocenters. The SMILES string of the molecule is O=C(/C=C\c1cccnc1)c1cccc(N2CCOC2=O)c1. The summed E-state index contributed by atoms with van der Waals surface area (Å²) in [4.78, 5) is 29.3. The zero-order chi connectivity index (χ0) is 15.4. The molecule has 1 aliphatic rings. The molecule has 0 N–H and O–H groups in total. The average molecular weight is 294 g/mol. The van der Waals surface area contributed by atoms with Crippen LogP contribution < -0.4 is 4.90 Å². The standard InChI is InChI=1S/C17H14N2O3/c20-16(7-6-13-3-2-8-18-12-13)14-4-1-5-15(11-14)19-9-10-22-17(19)21/h1-8,11-12H,9-10H2/b7-6-. The van der Waals surface area contributed by atoms with Crippen LogP contribution in [0.4, 0.5) is 10.5 Å². The van der Waals surface area contributed by atoms with Gasteiger partial charge in [0.2, 0.25) is 0 Å². The number of hydrogen-bond donors (Lipinski definition) is 0. The summed E-state index contributed by atoms with van der Waals surface area (Å²) in [7, 11) is 0. The monoisotopic (exact) mass is 294 g/mol. The molecular formula is C17H14N2O3. The van der Waals surface area contributed by atoms with Crippen LogP contribution in [0.15, 0.2) is 54.9 Å². The Kier molecular flexibility index (Phi) is 3.96. The first-order valence-electron chi connectivity index (χ1n) is 6.91. The smallest absolute Gasteiger partial charge is 0.414 e. The van der Waals surface area contributed by atoms with Crippen LogP contribution in [0.5, 0.6) is 0 Å². The second-order valence-electron chi connectivity index (χ2n) is 4.80. The molecule has 2 heterocycles. The molecule has 5 nitrogen and oxygen atoms in total. The molecule has 110 valence electrons. The molecule has 0 spiro atoms. The van der Waals surface area contributed by atoms with E-state index in [4.69, 9.17) is 4.74 Å². The fourth-order valence-electron chi connectivity index (χ4n) is 2.20. The Morgan fingerprint density at radius 3 is 2.91 bits per heavy atom. The lowest BCUT2D eigenvalue weighted by Gasteiger charge is -2.13. The zero-order valence-corrected chi connectivity index (χ0v) is 11.8. The van der Waals surface area contributed by atoms with E-state index in [9.17, 15) is 9.59 Å². The summed E-state index contributed by atoms with van der Waals surface area (Å²) in [6, 6.07) is 10.6. The number of amides is 1. The zero-order valence-electron chi connectivity index (χ0n) is 11.8. The van der Waals surface area contributed by atoms with Gasteiger partial charge in [0.05, 0.1) is 6.54 Å². The first-order chi connectivity index (χ1) is 10.7. The van der Waals surface area contributed by atoms with Crippen molar-refractivity contribution in [3.05, 3.63) is 66.0 Å². The molecule has 5 heteroatoms. The van der Waals surface area contributed by atoms with Gasteiger partial charge in [-0.3, -0.25) is 14.7 Å². The molecule has 0 bridgehead atoms. The van der Waals surface area contributed by atoms with Crippen molar-refractivity contribution in [1.29, 1.82) is 0 Å². The van der Waals surface area contributed by atoms with Gasteiger partial charge in [0, 0.05) is 23.6 Å². The number of nitrogens with zero attached hydrogens (tertiary/aromatic N) is 2. The molecule has 0 saturated carbocycles. The van der Waals surface area contributed by atoms with E-state index in [1.807, 2.05) is 12.1 Å². The highest BCUT2D eigenvalue weighted by Crippen LogP contribution is 2.20. The predicted octanol–water partition coefficient (Wildman–Crippen LogP) is 2.93. The van der Waals surface area contributed by atoms with Gasteiger partial charge in [0.15, 0.2) is 5.78 Å². The number of ether oxygens (including phenoxy) is 1. The largest absolute Gasteiger partial charge is 0.447 e. The lowest BCUT2D eigenvalue weighted by atomic mass is 10.1. The lowest BCUT2D eigenvalue weighted by Crippen LogP contribution is -2.23. The number of aromatic nitrogens is 1. The normalized spacial score (nSPS) is 14.4. The number of anilines is 1. The third-order valence-corrected chi connectivity index (χ3v) is 3.31. The Labute approximate surface area is 127 Å². The Morgan fingerprint density at radius 2 is 2.18 bits per heavy atom. The van der Waals surface area contributed by atoms with Gasteiger partial charge in [0.25, 0.3) is 0 Å². The molecule has 3 rings (SSSR count). The number of pyridine rings is 1. The summed E-state index contributed by atoms with van der Waals surface area (Å²) in [6.45, 7) is 0.875. The van der Waals surface area contributed by atoms with Crippen molar-refractivity contribution in [3.8, 4) is 0 Å². The van der Waals surface area contributed by atoms with E-state index in [0.717, 1.165) is 5.56 Å². The quantitative estimate of drug-likeness (QED) is 0.642. The van der Waals surface area contributed by atoms with Gasteiger partial charge in [-0.05, 0) is 35.9 Å². The van der Waals surface area contributed by atoms with Crippen LogP contribution in [0.25, 0.3) is 6.08 Å². The molecule has 22 heavy (non-hydrogen) atoms. The van der Waals surface area contributed by atoms with Crippen molar-refractivity contribution in [2.45, 2.75) is 0 Å². The molecule has 0 unspecified atom stereocenters. The van der Waals surface area contributed by atoms with Crippen molar-refractivity contribution in [1.82, 2.24) is 4.98 Å². The lowest BCUT2D eigenvalue weighted by molar-refractivity contribution is 0.104. The van der Waals surface area contributed by atoms with Gasteiger partial charge in [-0.1, -0.05) is 18.2 Å². The first-order valence-corrected chi connectivity index (χ1v) is 6.91.